The van der Waals surface area contributed by atoms with E-state index in [4.69, 9.17) is 9.26 Å². The van der Waals surface area contributed by atoms with Gasteiger partial charge in [0.2, 0.25) is 0 Å². The molecule has 0 unspecified atom stereocenters. The first-order valence-corrected chi connectivity index (χ1v) is 8.90. The Kier molecular flexibility index (Phi) is 3.13. The third-order valence-electron chi connectivity index (χ3n) is 6.58. The minimum absolute atomic E-state index is 0.107. The van der Waals surface area contributed by atoms with Crippen molar-refractivity contribution in [2.24, 2.45) is 23.2 Å². The highest BCUT2D eigenvalue weighted by Gasteiger charge is 2.58. The highest BCUT2D eigenvalue weighted by molar-refractivity contribution is 6.39. The second-order valence-corrected chi connectivity index (χ2v) is 7.88. The van der Waals surface area contributed by atoms with Crippen LogP contribution < -0.4 is 5.32 Å². The molecule has 25 heavy (non-hydrogen) atoms. The highest BCUT2D eigenvalue weighted by Crippen LogP contribution is 2.59. The van der Waals surface area contributed by atoms with E-state index in [1.165, 1.54) is 6.42 Å². The summed E-state index contributed by atoms with van der Waals surface area (Å²) in [5, 5.41) is 6.50. The zero-order chi connectivity index (χ0) is 17.2. The Bertz CT molecular complexity index is 785. The molecule has 2 amide bonds. The molecule has 7 heteroatoms. The van der Waals surface area contributed by atoms with Crippen LogP contribution in [0.4, 0.5) is 5.82 Å². The summed E-state index contributed by atoms with van der Waals surface area (Å²) in [5.74, 6) is 1.44. The number of hydrogen-bond donors (Lipinski definition) is 1. The Labute approximate surface area is 145 Å². The third kappa shape index (κ3) is 2.11. The van der Waals surface area contributed by atoms with Crippen molar-refractivity contribution in [1.29, 1.82) is 0 Å². The van der Waals surface area contributed by atoms with E-state index >= 15 is 0 Å². The molecule has 3 heterocycles. The van der Waals surface area contributed by atoms with Gasteiger partial charge in [-0.15, -0.1) is 0 Å². The van der Waals surface area contributed by atoms with Crippen LogP contribution in [0.1, 0.15) is 24.7 Å². The number of anilines is 1. The second kappa shape index (κ2) is 5.17. The standard InChI is InChI=1S/C18H21N3O4/c1-18-9-21(7-13(18)10-2-3-11(18)6-10)17(23)16(22)19-15-12-8-24-5-4-14(12)25-20-15/h2-3,10-11,13H,4-9H2,1H3,(H,19,20,22)/t10-,11+,13-,18+/m0/s1. The molecule has 132 valence electrons. The summed E-state index contributed by atoms with van der Waals surface area (Å²) in [7, 11) is 0. The first-order valence-electron chi connectivity index (χ1n) is 8.90. The molecule has 5 rings (SSSR count). The van der Waals surface area contributed by atoms with Crippen LogP contribution in [0.2, 0.25) is 0 Å². The van der Waals surface area contributed by atoms with Gasteiger partial charge in [-0.1, -0.05) is 24.2 Å². The molecule has 7 nitrogen and oxygen atoms in total. The van der Waals surface area contributed by atoms with E-state index in [9.17, 15) is 9.59 Å². The van der Waals surface area contributed by atoms with Crippen molar-refractivity contribution in [3.05, 3.63) is 23.5 Å². The molecular weight excluding hydrogens is 322 g/mol. The molecule has 0 spiro atoms. The molecule has 1 aromatic heterocycles. The van der Waals surface area contributed by atoms with Crippen LogP contribution in [0.5, 0.6) is 0 Å². The lowest BCUT2D eigenvalue weighted by Crippen LogP contribution is -2.40. The van der Waals surface area contributed by atoms with Gasteiger partial charge in [0.25, 0.3) is 0 Å². The lowest BCUT2D eigenvalue weighted by Gasteiger charge is -2.31. The fourth-order valence-corrected chi connectivity index (χ4v) is 5.16. The van der Waals surface area contributed by atoms with Gasteiger partial charge < -0.3 is 14.2 Å². The van der Waals surface area contributed by atoms with E-state index < -0.39 is 11.8 Å². The maximum atomic E-state index is 12.7. The first-order chi connectivity index (χ1) is 12.1. The van der Waals surface area contributed by atoms with Crippen LogP contribution in [-0.4, -0.2) is 41.6 Å². The molecule has 1 N–H and O–H groups in total. The average molecular weight is 343 g/mol. The topological polar surface area (TPSA) is 84.7 Å². The minimum Gasteiger partial charge on any atom is -0.376 e. The van der Waals surface area contributed by atoms with E-state index in [-0.39, 0.29) is 5.41 Å². The van der Waals surface area contributed by atoms with Crippen LogP contribution in [0.3, 0.4) is 0 Å². The first kappa shape index (κ1) is 15.1. The fraction of sp³-hybridized carbons (Fsp3) is 0.611. The number of carbonyl (C=O) groups is 2. The van der Waals surface area contributed by atoms with Gasteiger partial charge in [0.1, 0.15) is 5.76 Å². The van der Waals surface area contributed by atoms with Crippen molar-refractivity contribution in [2.45, 2.75) is 26.4 Å². The number of hydrogen-bond acceptors (Lipinski definition) is 5. The van der Waals surface area contributed by atoms with Gasteiger partial charge in [-0.2, -0.15) is 0 Å². The van der Waals surface area contributed by atoms with Gasteiger partial charge in [-0.3, -0.25) is 14.9 Å². The Morgan fingerprint density at radius 3 is 3.12 bits per heavy atom. The van der Waals surface area contributed by atoms with Crippen LogP contribution in [0, 0.1) is 23.2 Å². The number of rotatable bonds is 1. The average Bonchev–Trinajstić information content (AvgIpc) is 3.34. The molecule has 1 saturated carbocycles. The molecule has 1 aromatic rings. The quantitative estimate of drug-likeness (QED) is 0.615. The number of ether oxygens (including phenoxy) is 1. The number of allylic oxidation sites excluding steroid dienone is 2. The molecule has 0 radical (unpaired) electrons. The largest absolute Gasteiger partial charge is 0.376 e. The summed E-state index contributed by atoms with van der Waals surface area (Å²) in [4.78, 5) is 26.8. The van der Waals surface area contributed by atoms with Crippen molar-refractivity contribution in [3.63, 3.8) is 0 Å². The number of nitrogens with one attached hydrogen (secondary N) is 1. The number of fused-ring (bicyclic) bond motifs is 6. The van der Waals surface area contributed by atoms with Gasteiger partial charge in [0.15, 0.2) is 5.82 Å². The van der Waals surface area contributed by atoms with Crippen molar-refractivity contribution in [1.82, 2.24) is 10.1 Å². The molecule has 1 saturated heterocycles. The van der Waals surface area contributed by atoms with Crippen molar-refractivity contribution >= 4 is 17.6 Å². The Morgan fingerprint density at radius 1 is 1.40 bits per heavy atom. The Hall–Kier alpha value is -2.15. The van der Waals surface area contributed by atoms with Gasteiger partial charge >= 0.3 is 11.8 Å². The molecule has 2 aliphatic carbocycles. The third-order valence-corrected chi connectivity index (χ3v) is 6.58. The molecule has 2 bridgehead atoms. The van der Waals surface area contributed by atoms with Gasteiger partial charge in [-0.05, 0) is 29.6 Å². The van der Waals surface area contributed by atoms with E-state index in [1.807, 2.05) is 0 Å². The van der Waals surface area contributed by atoms with Crippen molar-refractivity contribution < 1.29 is 18.8 Å². The maximum Gasteiger partial charge on any atom is 0.315 e. The molecule has 2 aliphatic heterocycles. The minimum atomic E-state index is -0.648. The zero-order valence-corrected chi connectivity index (χ0v) is 14.2. The number of amides is 2. The van der Waals surface area contributed by atoms with E-state index in [1.54, 1.807) is 4.90 Å². The van der Waals surface area contributed by atoms with Crippen LogP contribution in [-0.2, 0) is 27.4 Å². The molecule has 2 fully saturated rings. The fourth-order valence-electron chi connectivity index (χ4n) is 5.16. The lowest BCUT2D eigenvalue weighted by molar-refractivity contribution is -0.142. The summed E-state index contributed by atoms with van der Waals surface area (Å²) in [6.45, 7) is 4.49. The Morgan fingerprint density at radius 2 is 2.28 bits per heavy atom. The van der Waals surface area contributed by atoms with Crippen LogP contribution in [0.25, 0.3) is 0 Å². The number of nitrogens with zero attached hydrogens (tertiary/aromatic N) is 2. The van der Waals surface area contributed by atoms with Gasteiger partial charge in [0, 0.05) is 19.5 Å². The monoisotopic (exact) mass is 343 g/mol. The number of aromatic nitrogens is 1. The molecule has 4 aliphatic rings. The van der Waals surface area contributed by atoms with Gasteiger partial charge in [0.05, 0.1) is 18.8 Å². The van der Waals surface area contributed by atoms with Crippen molar-refractivity contribution in [3.8, 4) is 0 Å². The van der Waals surface area contributed by atoms with E-state index in [0.29, 0.717) is 56.3 Å². The molecule has 4 atom stereocenters. The zero-order valence-electron chi connectivity index (χ0n) is 14.2. The predicted molar refractivity (Wildman–Crippen MR) is 87.4 cm³/mol. The summed E-state index contributed by atoms with van der Waals surface area (Å²) in [6, 6.07) is 0. The molecule has 0 aromatic carbocycles. The summed E-state index contributed by atoms with van der Waals surface area (Å²) < 4.78 is 10.6. The smallest absolute Gasteiger partial charge is 0.315 e. The summed E-state index contributed by atoms with van der Waals surface area (Å²) in [5.41, 5.74) is 0.843. The van der Waals surface area contributed by atoms with Crippen LogP contribution >= 0.6 is 0 Å². The highest BCUT2D eigenvalue weighted by atomic mass is 16.5. The predicted octanol–water partition coefficient (Wildman–Crippen LogP) is 1.36. The number of likely N-dealkylation sites (tertiary alicyclic amines) is 1. The van der Waals surface area contributed by atoms with Crippen molar-refractivity contribution in [2.75, 3.05) is 25.0 Å². The second-order valence-electron chi connectivity index (χ2n) is 7.88. The summed E-state index contributed by atoms with van der Waals surface area (Å²) in [6.07, 6.45) is 6.40. The van der Waals surface area contributed by atoms with E-state index in [0.717, 1.165) is 11.3 Å². The van der Waals surface area contributed by atoms with E-state index in [2.05, 4.69) is 29.5 Å². The van der Waals surface area contributed by atoms with Gasteiger partial charge in [-0.25, -0.2) is 0 Å². The Balaban J connectivity index is 1.29. The molecular formula is C18H21N3O4. The number of carbonyl (C=O) groups excluding carboxylic acids is 2. The van der Waals surface area contributed by atoms with Crippen LogP contribution in [0.15, 0.2) is 16.7 Å². The summed E-state index contributed by atoms with van der Waals surface area (Å²) >= 11 is 0. The maximum absolute atomic E-state index is 12.7. The SMILES string of the molecule is C[C@]12CN(C(=O)C(=O)Nc3noc4c3COCC4)C[C@H]1[C@H]1C=C[C@@H]2C1. The lowest BCUT2D eigenvalue weighted by atomic mass is 9.72. The normalized spacial score (nSPS) is 34.9.